The zero-order valence-corrected chi connectivity index (χ0v) is 11.6. The molecule has 0 bridgehead atoms. The monoisotopic (exact) mass is 310 g/mol. The summed E-state index contributed by atoms with van der Waals surface area (Å²) >= 11 is 3.35. The van der Waals surface area contributed by atoms with Crippen LogP contribution in [0.2, 0.25) is 0 Å². The van der Waals surface area contributed by atoms with Crippen LogP contribution in [0.5, 0.6) is 0 Å². The van der Waals surface area contributed by atoms with E-state index < -0.39 is 0 Å². The van der Waals surface area contributed by atoms with Gasteiger partial charge in [0.15, 0.2) is 0 Å². The minimum Gasteiger partial charge on any atom is -0.374 e. The zero-order chi connectivity index (χ0) is 12.5. The Balaban J connectivity index is 1.86. The lowest BCUT2D eigenvalue weighted by atomic mass is 10.1. The van der Waals surface area contributed by atoms with Crippen molar-refractivity contribution in [3.05, 3.63) is 28.5 Å². The number of morpholine rings is 1. The molecular formula is C13H15BrN2O2. The van der Waals surface area contributed by atoms with Crippen molar-refractivity contribution in [3.8, 4) is 0 Å². The molecule has 1 aromatic rings. The number of carbonyl (C=O) groups is 1. The highest BCUT2D eigenvalue weighted by Gasteiger charge is 2.38. The highest BCUT2D eigenvalue weighted by atomic mass is 79.9. The Kier molecular flexibility index (Phi) is 3.35. The number of amides is 1. The normalized spacial score (nSPS) is 27.1. The van der Waals surface area contributed by atoms with E-state index in [0.717, 1.165) is 19.3 Å². The molecule has 18 heavy (non-hydrogen) atoms. The van der Waals surface area contributed by atoms with Crippen LogP contribution in [0, 0.1) is 0 Å². The van der Waals surface area contributed by atoms with Crippen molar-refractivity contribution in [3.63, 3.8) is 0 Å². The van der Waals surface area contributed by atoms with E-state index in [-0.39, 0.29) is 18.1 Å². The molecule has 1 aromatic heterocycles. The summed E-state index contributed by atoms with van der Waals surface area (Å²) in [5, 5.41) is 0. The summed E-state index contributed by atoms with van der Waals surface area (Å²) in [5.74, 6) is 0.0650. The summed E-state index contributed by atoms with van der Waals surface area (Å²) in [4.78, 5) is 18.6. The van der Waals surface area contributed by atoms with Crippen LogP contribution in [0.15, 0.2) is 22.9 Å². The van der Waals surface area contributed by atoms with Gasteiger partial charge >= 0.3 is 0 Å². The number of pyridine rings is 1. The fraction of sp³-hybridized carbons (Fsp3) is 0.538. The number of halogens is 1. The molecule has 2 unspecified atom stereocenters. The molecule has 96 valence electrons. The van der Waals surface area contributed by atoms with Gasteiger partial charge in [0.1, 0.15) is 4.60 Å². The molecule has 0 spiro atoms. The first-order valence-corrected chi connectivity index (χ1v) is 7.10. The molecule has 2 fully saturated rings. The molecule has 2 heterocycles. The number of hydrogen-bond donors (Lipinski definition) is 0. The molecule has 1 amide bonds. The van der Waals surface area contributed by atoms with Crippen LogP contribution in [0.4, 0.5) is 0 Å². The molecule has 5 heteroatoms. The predicted molar refractivity (Wildman–Crippen MR) is 70.4 cm³/mol. The largest absolute Gasteiger partial charge is 0.374 e. The highest BCUT2D eigenvalue weighted by Crippen LogP contribution is 2.31. The van der Waals surface area contributed by atoms with Crippen molar-refractivity contribution in [2.24, 2.45) is 0 Å². The Morgan fingerprint density at radius 3 is 3.22 bits per heavy atom. The highest BCUT2D eigenvalue weighted by molar-refractivity contribution is 9.10. The van der Waals surface area contributed by atoms with Gasteiger partial charge in [-0.05, 0) is 47.3 Å². The molecule has 4 nitrogen and oxygen atoms in total. The second kappa shape index (κ2) is 4.97. The Morgan fingerprint density at radius 2 is 2.39 bits per heavy atom. The van der Waals surface area contributed by atoms with E-state index in [4.69, 9.17) is 4.74 Å². The van der Waals surface area contributed by atoms with E-state index in [1.807, 2.05) is 11.0 Å². The van der Waals surface area contributed by atoms with E-state index in [9.17, 15) is 4.79 Å². The lowest BCUT2D eigenvalue weighted by Gasteiger charge is -2.37. The molecule has 1 saturated carbocycles. The minimum absolute atomic E-state index is 0.0650. The molecule has 2 atom stereocenters. The molecular weight excluding hydrogens is 296 g/mol. The summed E-state index contributed by atoms with van der Waals surface area (Å²) < 4.78 is 6.35. The average molecular weight is 311 g/mol. The van der Waals surface area contributed by atoms with Gasteiger partial charge in [-0.15, -0.1) is 0 Å². The van der Waals surface area contributed by atoms with Crippen LogP contribution >= 0.6 is 15.9 Å². The maximum Gasteiger partial charge on any atom is 0.257 e. The predicted octanol–water partition coefficient (Wildman–Crippen LogP) is 2.24. The van der Waals surface area contributed by atoms with Crippen molar-refractivity contribution >= 4 is 21.8 Å². The zero-order valence-electron chi connectivity index (χ0n) is 10.0. The Hall–Kier alpha value is -0.940. The number of carbonyl (C=O) groups excluding carboxylic acids is 1. The standard InChI is InChI=1S/C13H15BrN2O2/c14-12-9(3-2-6-15-12)13(17)16-7-8-18-11-5-1-4-10(11)16/h2-3,6,10-11H,1,4-5,7-8H2. The topological polar surface area (TPSA) is 42.4 Å². The van der Waals surface area contributed by atoms with E-state index in [2.05, 4.69) is 20.9 Å². The van der Waals surface area contributed by atoms with Crippen molar-refractivity contribution < 1.29 is 9.53 Å². The maximum absolute atomic E-state index is 12.6. The van der Waals surface area contributed by atoms with Crippen LogP contribution in [-0.4, -0.2) is 41.1 Å². The van der Waals surface area contributed by atoms with Crippen molar-refractivity contribution in [1.29, 1.82) is 0 Å². The molecule has 0 radical (unpaired) electrons. The second-order valence-corrected chi connectivity index (χ2v) is 5.50. The van der Waals surface area contributed by atoms with E-state index in [0.29, 0.717) is 23.3 Å². The van der Waals surface area contributed by atoms with Gasteiger partial charge in [0.2, 0.25) is 0 Å². The summed E-state index contributed by atoms with van der Waals surface area (Å²) in [6.45, 7) is 1.33. The number of nitrogens with zero attached hydrogens (tertiary/aromatic N) is 2. The van der Waals surface area contributed by atoms with Gasteiger partial charge in [-0.3, -0.25) is 4.79 Å². The third-order valence-electron chi connectivity index (χ3n) is 3.73. The van der Waals surface area contributed by atoms with Crippen LogP contribution in [-0.2, 0) is 4.74 Å². The summed E-state index contributed by atoms with van der Waals surface area (Å²) in [5.41, 5.74) is 0.644. The summed E-state index contributed by atoms with van der Waals surface area (Å²) in [7, 11) is 0. The maximum atomic E-state index is 12.6. The third kappa shape index (κ3) is 2.06. The van der Waals surface area contributed by atoms with Crippen molar-refractivity contribution in [1.82, 2.24) is 9.88 Å². The quantitative estimate of drug-likeness (QED) is 0.747. The van der Waals surface area contributed by atoms with Gasteiger partial charge in [0.05, 0.1) is 24.3 Å². The van der Waals surface area contributed by atoms with Crippen molar-refractivity contribution in [2.75, 3.05) is 13.2 Å². The third-order valence-corrected chi connectivity index (χ3v) is 4.36. The van der Waals surface area contributed by atoms with Gasteiger partial charge < -0.3 is 9.64 Å². The van der Waals surface area contributed by atoms with Gasteiger partial charge in [0.25, 0.3) is 5.91 Å². The van der Waals surface area contributed by atoms with E-state index in [1.54, 1.807) is 12.3 Å². The SMILES string of the molecule is O=C(c1cccnc1Br)N1CCOC2CCCC21. The van der Waals surface area contributed by atoms with Crippen LogP contribution < -0.4 is 0 Å². The first-order valence-electron chi connectivity index (χ1n) is 6.30. The summed E-state index contributed by atoms with van der Waals surface area (Å²) in [6.07, 6.45) is 5.18. The van der Waals surface area contributed by atoms with Gasteiger partial charge in [-0.25, -0.2) is 4.98 Å². The summed E-state index contributed by atoms with van der Waals surface area (Å²) in [6, 6.07) is 3.86. The molecule has 0 aromatic carbocycles. The number of aromatic nitrogens is 1. The minimum atomic E-state index is 0.0650. The smallest absolute Gasteiger partial charge is 0.257 e. The van der Waals surface area contributed by atoms with Crippen LogP contribution in [0.1, 0.15) is 29.6 Å². The van der Waals surface area contributed by atoms with Gasteiger partial charge in [-0.1, -0.05) is 0 Å². The fourth-order valence-corrected chi connectivity index (χ4v) is 3.30. The molecule has 0 N–H and O–H groups in total. The van der Waals surface area contributed by atoms with Crippen LogP contribution in [0.3, 0.4) is 0 Å². The van der Waals surface area contributed by atoms with E-state index >= 15 is 0 Å². The molecule has 2 aliphatic rings. The number of rotatable bonds is 1. The fourth-order valence-electron chi connectivity index (χ4n) is 2.88. The molecule has 3 rings (SSSR count). The molecule has 1 saturated heterocycles. The average Bonchev–Trinajstić information content (AvgIpc) is 2.86. The van der Waals surface area contributed by atoms with Crippen LogP contribution in [0.25, 0.3) is 0 Å². The number of ether oxygens (including phenoxy) is 1. The lowest BCUT2D eigenvalue weighted by molar-refractivity contribution is -0.0445. The van der Waals surface area contributed by atoms with Gasteiger partial charge in [-0.2, -0.15) is 0 Å². The first kappa shape index (κ1) is 12.1. The molecule has 1 aliphatic carbocycles. The van der Waals surface area contributed by atoms with E-state index in [1.165, 1.54) is 0 Å². The number of fused-ring (bicyclic) bond motifs is 1. The van der Waals surface area contributed by atoms with Crippen molar-refractivity contribution in [2.45, 2.75) is 31.4 Å². The van der Waals surface area contributed by atoms with Gasteiger partial charge in [0, 0.05) is 12.7 Å². The Morgan fingerprint density at radius 1 is 1.50 bits per heavy atom. The number of hydrogen-bond acceptors (Lipinski definition) is 3. The first-order chi connectivity index (χ1) is 8.77. The Bertz CT molecular complexity index is 466. The molecule has 1 aliphatic heterocycles. The second-order valence-electron chi connectivity index (χ2n) is 4.75. The lowest BCUT2D eigenvalue weighted by Crippen LogP contribution is -2.51. The Labute approximate surface area is 114 Å².